The zero-order valence-corrected chi connectivity index (χ0v) is 10.6. The van der Waals surface area contributed by atoms with E-state index < -0.39 is 0 Å². The normalized spacial score (nSPS) is 0. The van der Waals surface area contributed by atoms with Gasteiger partial charge in [-0.25, -0.2) is 0 Å². The van der Waals surface area contributed by atoms with E-state index in [0.29, 0.717) is 0 Å². The topological polar surface area (TPSA) is 0 Å². The van der Waals surface area contributed by atoms with Gasteiger partial charge in [-0.2, -0.15) is 0 Å². The van der Waals surface area contributed by atoms with Crippen LogP contribution in [0.3, 0.4) is 0 Å². The quantitative estimate of drug-likeness (QED) is 0.480. The van der Waals surface area contributed by atoms with Crippen LogP contribution in [0.15, 0.2) is 0 Å². The van der Waals surface area contributed by atoms with E-state index in [2.05, 4.69) is 0 Å². The van der Waals surface area contributed by atoms with Crippen molar-refractivity contribution in [2.75, 3.05) is 0 Å². The molecule has 0 N–H and O–H groups in total. The van der Waals surface area contributed by atoms with Gasteiger partial charge in [0.1, 0.15) is 0 Å². The van der Waals surface area contributed by atoms with Crippen molar-refractivity contribution in [2.24, 2.45) is 0 Å². The van der Waals surface area contributed by atoms with E-state index in [1.165, 1.54) is 0 Å². The SMILES string of the molecule is B.[Cr].[Mo].[Nb].[Ti].[V]. The first-order valence-corrected chi connectivity index (χ1v) is 0. The Morgan fingerprint density at radius 2 is 1.00 bits per heavy atom. The molecule has 0 fully saturated rings. The molecule has 0 nitrogen and oxygen atoms in total. The van der Waals surface area contributed by atoms with Crippen molar-refractivity contribution in [1.82, 2.24) is 0 Å². The predicted molar refractivity (Wildman–Crippen MR) is 9.94 cm³/mol. The van der Waals surface area contributed by atoms with Crippen LogP contribution in [0, 0.1) is 0 Å². The zero-order valence-electron chi connectivity index (χ0n) is 2.21. The second-order valence-electron chi connectivity index (χ2n) is 0. The molecule has 0 aromatic rings. The third-order valence-electron chi connectivity index (χ3n) is 0. The molecule has 0 saturated carbocycles. The molecule has 0 spiro atoms. The minimum Gasteiger partial charge on any atom is 0 e. The van der Waals surface area contributed by atoms with Crippen LogP contribution in [0.1, 0.15) is 0 Å². The minimum absolute atomic E-state index is 0. The van der Waals surface area contributed by atoms with E-state index in [-0.39, 0.29) is 109 Å². The molecular formula is H3BCrMoNbTiV. The largest absolute Gasteiger partial charge is 0.0814 e. The molecule has 32 valence electrons. The molecule has 6 heteroatoms. The van der Waals surface area contributed by atoms with E-state index in [9.17, 15) is 0 Å². The Morgan fingerprint density at radius 1 is 1.00 bits per heavy atom. The average molecular weight is 353 g/mol. The van der Waals surface area contributed by atoms with Crippen LogP contribution in [0.2, 0.25) is 0 Å². The summed E-state index contributed by atoms with van der Waals surface area (Å²) in [6, 6.07) is 0. The molecule has 2 radical (unpaired) electrons. The fraction of sp³-hybridized carbons (Fsp3) is 0. The van der Waals surface area contributed by atoms with Gasteiger partial charge >= 0.3 is 0 Å². The Balaban J connectivity index is 0. The van der Waals surface area contributed by atoms with E-state index >= 15 is 0 Å². The van der Waals surface area contributed by atoms with Crippen molar-refractivity contribution in [3.05, 3.63) is 0 Å². The Morgan fingerprint density at radius 3 is 1.00 bits per heavy atom. The molecule has 0 aliphatic carbocycles. The predicted octanol–water partition coefficient (Wildman–Crippen LogP) is -1.20. The summed E-state index contributed by atoms with van der Waals surface area (Å²) in [7, 11) is 0. The molecule has 0 unspecified atom stereocenters. The Hall–Kier alpha value is 3.32. The van der Waals surface area contributed by atoms with E-state index in [1.54, 1.807) is 0 Å². The molecule has 0 aliphatic rings. The molecule has 6 heavy (non-hydrogen) atoms. The van der Waals surface area contributed by atoms with Gasteiger partial charge in [-0.3, -0.25) is 0 Å². The first-order chi connectivity index (χ1) is 0. The van der Waals surface area contributed by atoms with Crippen LogP contribution in [-0.4, -0.2) is 8.41 Å². The second-order valence-corrected chi connectivity index (χ2v) is 0. The van der Waals surface area contributed by atoms with Crippen molar-refractivity contribution >= 4 is 8.41 Å². The summed E-state index contributed by atoms with van der Waals surface area (Å²) < 4.78 is 0. The minimum atomic E-state index is 0. The average Bonchev–Trinajstić information content (AvgIpc) is 0. The maximum Gasteiger partial charge on any atom is 0.0814 e. The number of hydrogen-bond donors (Lipinski definition) is 0. The van der Waals surface area contributed by atoms with Gasteiger partial charge in [0.25, 0.3) is 0 Å². The van der Waals surface area contributed by atoms with E-state index in [4.69, 9.17) is 0 Å². The summed E-state index contributed by atoms with van der Waals surface area (Å²) in [4.78, 5) is 0. The van der Waals surface area contributed by atoms with Gasteiger partial charge in [-0.1, -0.05) is 0 Å². The molecule has 0 aliphatic heterocycles. The Labute approximate surface area is 108 Å². The molecule has 0 aromatic heterocycles. The van der Waals surface area contributed by atoms with Crippen molar-refractivity contribution in [3.63, 3.8) is 0 Å². The third-order valence-corrected chi connectivity index (χ3v) is 0. The summed E-state index contributed by atoms with van der Waals surface area (Å²) in [5.41, 5.74) is 0. The molecule has 0 rings (SSSR count). The first kappa shape index (κ1) is 58.5. The van der Waals surface area contributed by atoms with E-state index in [1.807, 2.05) is 0 Å². The van der Waals surface area contributed by atoms with Crippen molar-refractivity contribution in [2.45, 2.75) is 0 Å². The summed E-state index contributed by atoms with van der Waals surface area (Å²) in [5.74, 6) is 0. The maximum atomic E-state index is 0. The standard InChI is InChI=1S/BH3.Cr.Mo.Nb.Ti.V/h1H3;;;;;. The molecule has 0 amide bonds. The Kier molecular flexibility index (Phi) is 394. The van der Waals surface area contributed by atoms with Gasteiger partial charge in [0.2, 0.25) is 0 Å². The number of rotatable bonds is 0. The molecule has 0 heterocycles. The van der Waals surface area contributed by atoms with E-state index in [0.717, 1.165) is 0 Å². The van der Waals surface area contributed by atoms with Crippen LogP contribution in [0.5, 0.6) is 0 Å². The summed E-state index contributed by atoms with van der Waals surface area (Å²) >= 11 is 0. The molecule has 0 saturated heterocycles. The monoisotopic (exact) mass is 356 g/mol. The smallest absolute Gasteiger partial charge is 0 e. The van der Waals surface area contributed by atoms with Crippen molar-refractivity contribution in [3.8, 4) is 0 Å². The maximum absolute atomic E-state index is 0. The molecule has 0 aromatic carbocycles. The van der Waals surface area contributed by atoms with Gasteiger partial charge < -0.3 is 0 Å². The van der Waals surface area contributed by atoms with Gasteiger partial charge in [0.15, 0.2) is 0 Å². The Bertz CT molecular complexity index is 15.5. The zero-order chi connectivity index (χ0) is 0. The molecule has 0 atom stereocenters. The van der Waals surface area contributed by atoms with Crippen molar-refractivity contribution in [1.29, 1.82) is 0 Å². The van der Waals surface area contributed by atoms with Crippen LogP contribution >= 0.6 is 0 Å². The number of hydrogen-bond acceptors (Lipinski definition) is 0. The molecule has 0 bridgehead atoms. The molecular weight excluding hydrogens is 350 g/mol. The van der Waals surface area contributed by atoms with Crippen LogP contribution < -0.4 is 0 Å². The fourth-order valence-corrected chi connectivity index (χ4v) is 0. The van der Waals surface area contributed by atoms with Gasteiger partial charge in [-0.05, 0) is 0 Å². The van der Waals surface area contributed by atoms with Crippen LogP contribution in [0.4, 0.5) is 0 Å². The fourth-order valence-electron chi connectivity index (χ4n) is 0. The summed E-state index contributed by atoms with van der Waals surface area (Å²) in [5, 5.41) is 0. The van der Waals surface area contributed by atoms with Gasteiger partial charge in [0.05, 0.1) is 8.41 Å². The van der Waals surface area contributed by atoms with Crippen LogP contribution in [0.25, 0.3) is 0 Å². The third kappa shape index (κ3) is 26.5. The van der Waals surface area contributed by atoms with Gasteiger partial charge in [0, 0.05) is 101 Å². The summed E-state index contributed by atoms with van der Waals surface area (Å²) in [6.07, 6.45) is 0. The first-order valence-electron chi connectivity index (χ1n) is 0. The summed E-state index contributed by atoms with van der Waals surface area (Å²) in [6.45, 7) is 0. The van der Waals surface area contributed by atoms with Crippen LogP contribution in [-0.2, 0) is 101 Å². The second kappa shape index (κ2) is 40.4. The van der Waals surface area contributed by atoms with Crippen molar-refractivity contribution < 1.29 is 101 Å². The van der Waals surface area contributed by atoms with Gasteiger partial charge in [-0.15, -0.1) is 0 Å².